The van der Waals surface area contributed by atoms with Crippen LogP contribution in [0.5, 0.6) is 0 Å². The minimum absolute atomic E-state index is 0. The number of fused-ring (bicyclic) bond motifs is 1. The average molecular weight is 191 g/mol. The van der Waals surface area contributed by atoms with E-state index in [1.165, 1.54) is 11.3 Å². The Kier molecular flexibility index (Phi) is 3.13. The van der Waals surface area contributed by atoms with Crippen molar-refractivity contribution in [2.24, 2.45) is 0 Å². The van der Waals surface area contributed by atoms with Gasteiger partial charge in [0.2, 0.25) is 0 Å². The molecule has 1 heterocycles. The molecule has 4 heteroatoms. The SMILES string of the molecule is O=c1[nH]c2ccccc2s1.[Ca]. The first-order valence-electron chi connectivity index (χ1n) is 2.94. The summed E-state index contributed by atoms with van der Waals surface area (Å²) in [6, 6.07) is 7.65. The van der Waals surface area contributed by atoms with Crippen molar-refractivity contribution >= 4 is 59.3 Å². The third kappa shape index (κ3) is 1.85. The summed E-state index contributed by atoms with van der Waals surface area (Å²) in [6.07, 6.45) is 0. The van der Waals surface area contributed by atoms with E-state index in [2.05, 4.69) is 4.98 Å². The normalized spacial score (nSPS) is 9.45. The first kappa shape index (κ1) is 9.26. The summed E-state index contributed by atoms with van der Waals surface area (Å²) in [7, 11) is 0. The van der Waals surface area contributed by atoms with Crippen molar-refractivity contribution in [3.8, 4) is 0 Å². The zero-order chi connectivity index (χ0) is 6.97. The summed E-state index contributed by atoms with van der Waals surface area (Å²) < 4.78 is 1.02. The minimum Gasteiger partial charge on any atom is -0.312 e. The molecule has 52 valence electrons. The molecule has 1 aromatic heterocycles. The van der Waals surface area contributed by atoms with Crippen LogP contribution in [0, 0.1) is 0 Å². The van der Waals surface area contributed by atoms with Gasteiger partial charge in [-0.1, -0.05) is 23.5 Å². The van der Waals surface area contributed by atoms with Gasteiger partial charge >= 0.3 is 4.87 Å². The molecule has 0 bridgehead atoms. The van der Waals surface area contributed by atoms with Gasteiger partial charge in [-0.2, -0.15) is 0 Å². The van der Waals surface area contributed by atoms with Crippen molar-refractivity contribution < 1.29 is 0 Å². The fourth-order valence-electron chi connectivity index (χ4n) is 0.894. The van der Waals surface area contributed by atoms with E-state index in [1.807, 2.05) is 24.3 Å². The van der Waals surface area contributed by atoms with E-state index in [4.69, 9.17) is 0 Å². The van der Waals surface area contributed by atoms with Gasteiger partial charge in [-0.05, 0) is 12.1 Å². The van der Waals surface area contributed by atoms with Crippen molar-refractivity contribution in [1.29, 1.82) is 0 Å². The average Bonchev–Trinajstić information content (AvgIpc) is 2.27. The number of rotatable bonds is 0. The molecule has 2 radical (unpaired) electrons. The van der Waals surface area contributed by atoms with E-state index in [0.717, 1.165) is 10.2 Å². The largest absolute Gasteiger partial charge is 0.312 e. The maximum absolute atomic E-state index is 10.8. The van der Waals surface area contributed by atoms with E-state index < -0.39 is 0 Å². The third-order valence-corrected chi connectivity index (χ3v) is 2.19. The molecule has 0 spiro atoms. The van der Waals surface area contributed by atoms with E-state index in [1.54, 1.807) is 0 Å². The van der Waals surface area contributed by atoms with Crippen LogP contribution in [-0.4, -0.2) is 42.7 Å². The summed E-state index contributed by atoms with van der Waals surface area (Å²) in [4.78, 5) is 13.5. The van der Waals surface area contributed by atoms with Gasteiger partial charge in [0.25, 0.3) is 0 Å². The number of thiazole rings is 1. The van der Waals surface area contributed by atoms with Crippen LogP contribution in [0.3, 0.4) is 0 Å². The number of aromatic amines is 1. The Balaban J connectivity index is 0.000000605. The maximum atomic E-state index is 10.8. The number of hydrogen-bond donors (Lipinski definition) is 1. The van der Waals surface area contributed by atoms with Crippen molar-refractivity contribution in [3.05, 3.63) is 33.9 Å². The smallest absolute Gasteiger partial charge is 0.305 e. The molecular formula is C7H5CaNOS. The molecule has 1 aromatic carbocycles. The molecule has 11 heavy (non-hydrogen) atoms. The fourth-order valence-corrected chi connectivity index (χ4v) is 1.63. The zero-order valence-corrected chi connectivity index (χ0v) is 8.86. The molecule has 0 fully saturated rings. The van der Waals surface area contributed by atoms with E-state index in [-0.39, 0.29) is 42.6 Å². The molecular weight excluding hydrogens is 186 g/mol. The molecule has 2 nitrogen and oxygen atoms in total. The molecule has 2 rings (SSSR count). The molecule has 2 aromatic rings. The van der Waals surface area contributed by atoms with Crippen molar-refractivity contribution in [1.82, 2.24) is 4.98 Å². The Morgan fingerprint density at radius 2 is 2.00 bits per heavy atom. The van der Waals surface area contributed by atoms with Gasteiger partial charge in [-0.3, -0.25) is 4.79 Å². The van der Waals surface area contributed by atoms with Crippen LogP contribution in [0.1, 0.15) is 0 Å². The summed E-state index contributed by atoms with van der Waals surface area (Å²) in [5, 5.41) is 0. The van der Waals surface area contributed by atoms with E-state index >= 15 is 0 Å². The summed E-state index contributed by atoms with van der Waals surface area (Å²) >= 11 is 1.24. The number of aromatic nitrogens is 1. The van der Waals surface area contributed by atoms with Crippen LogP contribution < -0.4 is 4.87 Å². The molecule has 0 aliphatic heterocycles. The van der Waals surface area contributed by atoms with Gasteiger partial charge < -0.3 is 4.98 Å². The van der Waals surface area contributed by atoms with Crippen LogP contribution in [0.15, 0.2) is 29.1 Å². The van der Waals surface area contributed by atoms with Gasteiger partial charge in [0.05, 0.1) is 10.2 Å². The van der Waals surface area contributed by atoms with Crippen molar-refractivity contribution in [3.63, 3.8) is 0 Å². The van der Waals surface area contributed by atoms with Crippen molar-refractivity contribution in [2.75, 3.05) is 0 Å². The molecule has 0 saturated carbocycles. The molecule has 0 aliphatic carbocycles. The predicted molar refractivity (Wildman–Crippen MR) is 48.2 cm³/mol. The Morgan fingerprint density at radius 1 is 1.27 bits per heavy atom. The second kappa shape index (κ2) is 3.72. The number of H-pyrrole nitrogens is 1. The van der Waals surface area contributed by atoms with Gasteiger partial charge in [0.15, 0.2) is 0 Å². The third-order valence-electron chi connectivity index (χ3n) is 1.33. The second-order valence-electron chi connectivity index (χ2n) is 2.01. The van der Waals surface area contributed by atoms with E-state index in [0.29, 0.717) is 0 Å². The standard InChI is InChI=1S/C7H5NOS.Ca/c9-7-8-5-3-1-2-4-6(5)10-7;/h1-4H,(H,8,9);. The Bertz CT molecular complexity index is 370. The molecule has 0 unspecified atom stereocenters. The number of benzene rings is 1. The summed E-state index contributed by atoms with van der Waals surface area (Å²) in [5.74, 6) is 0. The molecule has 0 atom stereocenters. The molecule has 0 saturated heterocycles. The molecule has 0 amide bonds. The van der Waals surface area contributed by atoms with Crippen LogP contribution in [0.4, 0.5) is 0 Å². The minimum atomic E-state index is 0. The Labute approximate surface area is 97.3 Å². The zero-order valence-electron chi connectivity index (χ0n) is 5.83. The maximum Gasteiger partial charge on any atom is 0.305 e. The van der Waals surface area contributed by atoms with Crippen LogP contribution in [0.25, 0.3) is 10.2 Å². The van der Waals surface area contributed by atoms with Crippen LogP contribution in [-0.2, 0) is 0 Å². The second-order valence-corrected chi connectivity index (χ2v) is 3.03. The van der Waals surface area contributed by atoms with E-state index in [9.17, 15) is 4.79 Å². The topological polar surface area (TPSA) is 32.9 Å². The predicted octanol–water partition coefficient (Wildman–Crippen LogP) is 1.21. The fraction of sp³-hybridized carbons (Fsp3) is 0. The summed E-state index contributed by atoms with van der Waals surface area (Å²) in [5.41, 5.74) is 0.928. The van der Waals surface area contributed by atoms with Crippen LogP contribution >= 0.6 is 11.3 Å². The first-order chi connectivity index (χ1) is 4.86. The molecule has 1 N–H and O–H groups in total. The van der Waals surface area contributed by atoms with Crippen LogP contribution in [0.2, 0.25) is 0 Å². The van der Waals surface area contributed by atoms with Gasteiger partial charge in [-0.15, -0.1) is 0 Å². The van der Waals surface area contributed by atoms with Crippen molar-refractivity contribution in [2.45, 2.75) is 0 Å². The van der Waals surface area contributed by atoms with Gasteiger partial charge in [-0.25, -0.2) is 0 Å². The number of nitrogens with one attached hydrogen (secondary N) is 1. The number of hydrogen-bond acceptors (Lipinski definition) is 2. The number of para-hydroxylation sites is 1. The Hall–Kier alpha value is 0.170. The van der Waals surface area contributed by atoms with Gasteiger partial charge in [0, 0.05) is 37.7 Å². The van der Waals surface area contributed by atoms with Gasteiger partial charge in [0.1, 0.15) is 0 Å². The summed E-state index contributed by atoms with van der Waals surface area (Å²) in [6.45, 7) is 0. The monoisotopic (exact) mass is 191 g/mol. The quantitative estimate of drug-likeness (QED) is 0.624. The first-order valence-corrected chi connectivity index (χ1v) is 3.76. The molecule has 0 aliphatic rings. The Morgan fingerprint density at radius 3 is 2.73 bits per heavy atom.